The van der Waals surface area contributed by atoms with Crippen molar-refractivity contribution < 1.29 is 9.15 Å². The van der Waals surface area contributed by atoms with E-state index in [0.717, 1.165) is 42.0 Å². The van der Waals surface area contributed by atoms with Crippen LogP contribution in [0.3, 0.4) is 0 Å². The minimum atomic E-state index is 0.806. The molecule has 0 atom stereocenters. The van der Waals surface area contributed by atoms with Crippen molar-refractivity contribution in [3.8, 4) is 5.75 Å². The van der Waals surface area contributed by atoms with E-state index in [2.05, 4.69) is 11.9 Å². The number of methoxy groups -OCH3 is 1. The highest BCUT2D eigenvalue weighted by molar-refractivity contribution is 5.74. The predicted molar refractivity (Wildman–Crippen MR) is 59.2 cm³/mol. The summed E-state index contributed by atoms with van der Waals surface area (Å²) in [6.07, 6.45) is 3.18. The Morgan fingerprint density at radius 1 is 1.40 bits per heavy atom. The highest BCUT2D eigenvalue weighted by Gasteiger charge is 2.05. The van der Waals surface area contributed by atoms with Gasteiger partial charge in [0, 0.05) is 12.5 Å². The van der Waals surface area contributed by atoms with E-state index in [1.165, 1.54) is 0 Å². The Bertz CT molecular complexity index is 448. The fraction of sp³-hybridized carbons (Fsp3) is 0.417. The summed E-state index contributed by atoms with van der Waals surface area (Å²) in [5.41, 5.74) is 1.71. The molecule has 15 heavy (non-hydrogen) atoms. The molecule has 0 fully saturated rings. The van der Waals surface area contributed by atoms with Crippen LogP contribution in [0, 0.1) is 0 Å². The van der Waals surface area contributed by atoms with Crippen LogP contribution >= 0.6 is 0 Å². The van der Waals surface area contributed by atoms with E-state index in [-0.39, 0.29) is 0 Å². The highest BCUT2D eigenvalue weighted by atomic mass is 16.5. The summed E-state index contributed by atoms with van der Waals surface area (Å²) in [7, 11) is 1.65. The van der Waals surface area contributed by atoms with E-state index in [1.54, 1.807) is 7.11 Å². The average Bonchev–Trinajstić information content (AvgIpc) is 2.67. The van der Waals surface area contributed by atoms with E-state index in [9.17, 15) is 0 Å². The number of hydrogen-bond acceptors (Lipinski definition) is 3. The average molecular weight is 205 g/mol. The van der Waals surface area contributed by atoms with Gasteiger partial charge in [-0.05, 0) is 18.6 Å². The predicted octanol–water partition coefficient (Wildman–Crippen LogP) is 3.18. The number of rotatable bonds is 4. The number of nitrogens with zero attached hydrogens (tertiary/aromatic N) is 1. The number of oxazole rings is 1. The molecule has 0 saturated heterocycles. The van der Waals surface area contributed by atoms with Gasteiger partial charge in [-0.15, -0.1) is 0 Å². The van der Waals surface area contributed by atoms with Gasteiger partial charge < -0.3 is 9.15 Å². The van der Waals surface area contributed by atoms with Crippen molar-refractivity contribution in [2.75, 3.05) is 7.11 Å². The van der Waals surface area contributed by atoms with Crippen molar-refractivity contribution >= 4 is 11.1 Å². The molecular weight excluding hydrogens is 190 g/mol. The SMILES string of the molecule is CCCCc1nc2ccc(OC)cc2o1. The summed E-state index contributed by atoms with van der Waals surface area (Å²) in [5, 5.41) is 0. The second kappa shape index (κ2) is 4.34. The quantitative estimate of drug-likeness (QED) is 0.769. The summed E-state index contributed by atoms with van der Waals surface area (Å²) in [6, 6.07) is 5.69. The zero-order valence-corrected chi connectivity index (χ0v) is 9.12. The third kappa shape index (κ3) is 2.12. The minimum Gasteiger partial charge on any atom is -0.497 e. The molecule has 3 nitrogen and oxygen atoms in total. The number of aryl methyl sites for hydroxylation is 1. The lowest BCUT2D eigenvalue weighted by Crippen LogP contribution is -1.82. The van der Waals surface area contributed by atoms with Crippen LogP contribution in [-0.2, 0) is 6.42 Å². The van der Waals surface area contributed by atoms with Crippen molar-refractivity contribution in [3.63, 3.8) is 0 Å². The molecule has 0 saturated carbocycles. The van der Waals surface area contributed by atoms with Gasteiger partial charge in [0.2, 0.25) is 0 Å². The highest BCUT2D eigenvalue weighted by Crippen LogP contribution is 2.21. The first kappa shape index (κ1) is 10.0. The third-order valence-corrected chi connectivity index (χ3v) is 2.38. The standard InChI is InChI=1S/C12H15NO2/c1-3-4-5-12-13-10-7-6-9(14-2)8-11(10)15-12/h6-8H,3-5H2,1-2H3. The summed E-state index contributed by atoms with van der Waals surface area (Å²) >= 11 is 0. The maximum atomic E-state index is 5.62. The fourth-order valence-electron chi connectivity index (χ4n) is 1.51. The normalized spacial score (nSPS) is 10.8. The molecule has 0 unspecified atom stereocenters. The van der Waals surface area contributed by atoms with Crippen LogP contribution in [-0.4, -0.2) is 12.1 Å². The Morgan fingerprint density at radius 3 is 3.00 bits per heavy atom. The maximum Gasteiger partial charge on any atom is 0.195 e. The Hall–Kier alpha value is -1.51. The number of unbranched alkanes of at least 4 members (excludes halogenated alkanes) is 1. The number of ether oxygens (including phenoxy) is 1. The third-order valence-electron chi connectivity index (χ3n) is 2.38. The van der Waals surface area contributed by atoms with Gasteiger partial charge in [0.25, 0.3) is 0 Å². The van der Waals surface area contributed by atoms with Crippen LogP contribution in [0.15, 0.2) is 22.6 Å². The first-order valence-electron chi connectivity index (χ1n) is 5.27. The molecule has 0 aliphatic carbocycles. The Balaban J connectivity index is 2.29. The van der Waals surface area contributed by atoms with Crippen molar-refractivity contribution in [2.24, 2.45) is 0 Å². The van der Waals surface area contributed by atoms with E-state index in [1.807, 2.05) is 18.2 Å². The van der Waals surface area contributed by atoms with E-state index < -0.39 is 0 Å². The first-order valence-corrected chi connectivity index (χ1v) is 5.27. The van der Waals surface area contributed by atoms with Gasteiger partial charge in [-0.3, -0.25) is 0 Å². The molecule has 0 radical (unpaired) electrons. The topological polar surface area (TPSA) is 35.3 Å². The van der Waals surface area contributed by atoms with Gasteiger partial charge in [0.05, 0.1) is 7.11 Å². The molecular formula is C12H15NO2. The monoisotopic (exact) mass is 205 g/mol. The zero-order valence-electron chi connectivity index (χ0n) is 9.12. The molecule has 0 bridgehead atoms. The molecule has 80 valence electrons. The number of benzene rings is 1. The number of fused-ring (bicyclic) bond motifs is 1. The molecule has 0 aliphatic rings. The molecule has 1 aromatic heterocycles. The fourth-order valence-corrected chi connectivity index (χ4v) is 1.51. The molecule has 0 aliphatic heterocycles. The second-order valence-corrected chi connectivity index (χ2v) is 3.54. The molecule has 1 aromatic carbocycles. The van der Waals surface area contributed by atoms with Gasteiger partial charge in [-0.2, -0.15) is 0 Å². The Kier molecular flexibility index (Phi) is 2.90. The van der Waals surface area contributed by atoms with Crippen LogP contribution in [0.1, 0.15) is 25.7 Å². The minimum absolute atomic E-state index is 0.806. The second-order valence-electron chi connectivity index (χ2n) is 3.54. The smallest absolute Gasteiger partial charge is 0.195 e. The van der Waals surface area contributed by atoms with Crippen LogP contribution in [0.25, 0.3) is 11.1 Å². The van der Waals surface area contributed by atoms with Gasteiger partial charge in [-0.25, -0.2) is 4.98 Å². The molecule has 1 heterocycles. The van der Waals surface area contributed by atoms with E-state index in [0.29, 0.717) is 0 Å². The molecule has 0 spiro atoms. The van der Waals surface area contributed by atoms with Crippen molar-refractivity contribution in [3.05, 3.63) is 24.1 Å². The summed E-state index contributed by atoms with van der Waals surface area (Å²) in [4.78, 5) is 4.40. The van der Waals surface area contributed by atoms with E-state index in [4.69, 9.17) is 9.15 Å². The van der Waals surface area contributed by atoms with Crippen molar-refractivity contribution in [1.29, 1.82) is 0 Å². The summed E-state index contributed by atoms with van der Waals surface area (Å²) in [6.45, 7) is 2.16. The first-order chi connectivity index (χ1) is 7.33. The number of hydrogen-bond donors (Lipinski definition) is 0. The lowest BCUT2D eigenvalue weighted by atomic mass is 10.2. The zero-order chi connectivity index (χ0) is 10.7. The van der Waals surface area contributed by atoms with Gasteiger partial charge in [-0.1, -0.05) is 13.3 Å². The summed E-state index contributed by atoms with van der Waals surface area (Å²) < 4.78 is 10.7. The molecule has 3 heteroatoms. The van der Waals surface area contributed by atoms with Crippen LogP contribution in [0.5, 0.6) is 5.75 Å². The lowest BCUT2D eigenvalue weighted by molar-refractivity contribution is 0.414. The molecule has 2 rings (SSSR count). The molecule has 0 amide bonds. The Morgan fingerprint density at radius 2 is 2.27 bits per heavy atom. The van der Waals surface area contributed by atoms with E-state index >= 15 is 0 Å². The molecule has 2 aromatic rings. The van der Waals surface area contributed by atoms with Gasteiger partial charge in [0.1, 0.15) is 11.3 Å². The lowest BCUT2D eigenvalue weighted by Gasteiger charge is -1.95. The summed E-state index contributed by atoms with van der Waals surface area (Å²) in [5.74, 6) is 1.63. The van der Waals surface area contributed by atoms with Gasteiger partial charge >= 0.3 is 0 Å². The van der Waals surface area contributed by atoms with Crippen LogP contribution < -0.4 is 4.74 Å². The Labute approximate surface area is 89.1 Å². The van der Waals surface area contributed by atoms with Crippen molar-refractivity contribution in [1.82, 2.24) is 4.98 Å². The largest absolute Gasteiger partial charge is 0.497 e. The van der Waals surface area contributed by atoms with Crippen LogP contribution in [0.4, 0.5) is 0 Å². The number of aromatic nitrogens is 1. The van der Waals surface area contributed by atoms with Gasteiger partial charge in [0.15, 0.2) is 11.5 Å². The van der Waals surface area contributed by atoms with Crippen LogP contribution in [0.2, 0.25) is 0 Å². The van der Waals surface area contributed by atoms with Crippen molar-refractivity contribution in [2.45, 2.75) is 26.2 Å². The molecule has 0 N–H and O–H groups in total. The maximum absolute atomic E-state index is 5.62.